The number of aromatic nitrogens is 3. The van der Waals surface area contributed by atoms with E-state index in [1.165, 1.54) is 0 Å². The number of nitrogens with zero attached hydrogens (tertiary/aromatic N) is 3. The van der Waals surface area contributed by atoms with Crippen molar-refractivity contribution in [2.45, 2.75) is 0 Å². The third-order valence-electron chi connectivity index (χ3n) is 8.72. The van der Waals surface area contributed by atoms with Crippen LogP contribution >= 0.6 is 0 Å². The summed E-state index contributed by atoms with van der Waals surface area (Å²) in [6.45, 7) is 0. The molecule has 0 saturated carbocycles. The number of rotatable bonds is 5. The molecule has 0 aliphatic heterocycles. The molecule has 0 aliphatic carbocycles. The fraction of sp³-hybridized carbons (Fsp3) is 0. The fourth-order valence-corrected chi connectivity index (χ4v) is 6.36. The van der Waals surface area contributed by atoms with Gasteiger partial charge in [-0.15, -0.1) is 0 Å². The lowest BCUT2D eigenvalue weighted by atomic mass is 9.96. The highest BCUT2D eigenvalue weighted by molar-refractivity contribution is 6.14. The maximum absolute atomic E-state index is 6.42. The molecule has 4 heteroatoms. The number of benzene rings is 6. The molecule has 4 nitrogen and oxygen atoms in total. The minimum absolute atomic E-state index is 0.712. The molecule has 47 heavy (non-hydrogen) atoms. The zero-order valence-electron chi connectivity index (χ0n) is 25.3. The molecule has 0 saturated heterocycles. The van der Waals surface area contributed by atoms with Gasteiger partial charge in [-0.1, -0.05) is 140 Å². The van der Waals surface area contributed by atoms with Crippen molar-refractivity contribution in [3.05, 3.63) is 164 Å². The second-order valence-corrected chi connectivity index (χ2v) is 11.6. The average molecular weight is 602 g/mol. The molecule has 0 aliphatic rings. The molecule has 0 N–H and O–H groups in total. The molecule has 220 valence electrons. The zero-order valence-corrected chi connectivity index (χ0v) is 25.3. The lowest BCUT2D eigenvalue weighted by Gasteiger charge is -2.11. The Kier molecular flexibility index (Phi) is 6.43. The molecule has 0 radical (unpaired) electrons. The first-order valence-corrected chi connectivity index (χ1v) is 15.7. The van der Waals surface area contributed by atoms with Crippen molar-refractivity contribution >= 4 is 33.0 Å². The highest BCUT2D eigenvalue weighted by Gasteiger charge is 2.18. The quantitative estimate of drug-likeness (QED) is 0.197. The highest BCUT2D eigenvalue weighted by Crippen LogP contribution is 2.40. The van der Waals surface area contributed by atoms with Gasteiger partial charge in [0.25, 0.3) is 0 Å². The lowest BCUT2D eigenvalue weighted by molar-refractivity contribution is 0.670. The number of pyridine rings is 1. The van der Waals surface area contributed by atoms with Gasteiger partial charge in [0.1, 0.15) is 11.1 Å². The Balaban J connectivity index is 1.09. The van der Waals surface area contributed by atoms with Crippen LogP contribution in [0.25, 0.3) is 89.1 Å². The smallest absolute Gasteiger partial charge is 0.162 e. The van der Waals surface area contributed by atoms with Crippen LogP contribution in [0, 0.1) is 0 Å². The van der Waals surface area contributed by atoms with E-state index in [0.717, 1.165) is 83.3 Å². The number of fused-ring (bicyclic) bond motifs is 4. The molecule has 9 rings (SSSR count). The molecule has 6 aromatic carbocycles. The molecule has 3 aromatic heterocycles. The summed E-state index contributed by atoms with van der Waals surface area (Å²) in [5.41, 5.74) is 12.8. The second-order valence-electron chi connectivity index (χ2n) is 11.6. The Morgan fingerprint density at radius 1 is 0.383 bits per heavy atom. The molecule has 0 atom stereocenters. The molecule has 0 amide bonds. The van der Waals surface area contributed by atoms with Crippen molar-refractivity contribution in [2.75, 3.05) is 0 Å². The number of hydrogen-bond donors (Lipinski definition) is 0. The maximum Gasteiger partial charge on any atom is 0.162 e. The first kappa shape index (κ1) is 27.0. The molecular formula is C43H27N3O. The van der Waals surface area contributed by atoms with Gasteiger partial charge in [0.2, 0.25) is 0 Å². The van der Waals surface area contributed by atoms with Crippen molar-refractivity contribution < 1.29 is 4.42 Å². The summed E-state index contributed by atoms with van der Waals surface area (Å²) in [4.78, 5) is 14.9. The molecule has 0 fully saturated rings. The minimum Gasteiger partial charge on any atom is -0.454 e. The molecule has 0 unspecified atom stereocenters. The van der Waals surface area contributed by atoms with Gasteiger partial charge < -0.3 is 4.42 Å². The molecule has 3 heterocycles. The standard InChI is InChI=1S/C43H27N3O/c1-3-11-30(12-4-1)37-27-38(46-43(45-37)33-13-5-2-6-14-33)31-23-19-28(20-24-31)29-21-25-32(26-22-29)40-34-15-7-9-17-36(34)44-41-35-16-8-10-18-39(35)47-42(40)41/h1-27H. The summed E-state index contributed by atoms with van der Waals surface area (Å²) in [5, 5.41) is 2.10. The van der Waals surface area contributed by atoms with Gasteiger partial charge in [0.15, 0.2) is 11.4 Å². The molecule has 9 aromatic rings. The Bertz CT molecular complexity index is 2480. The van der Waals surface area contributed by atoms with Crippen LogP contribution in [0.2, 0.25) is 0 Å². The van der Waals surface area contributed by atoms with Crippen molar-refractivity contribution in [1.82, 2.24) is 15.0 Å². The van der Waals surface area contributed by atoms with Crippen molar-refractivity contribution in [3.8, 4) is 56.2 Å². The van der Waals surface area contributed by atoms with Gasteiger partial charge in [-0.3, -0.25) is 0 Å². The van der Waals surface area contributed by atoms with Crippen LogP contribution < -0.4 is 0 Å². The predicted octanol–water partition coefficient (Wildman–Crippen LogP) is 11.3. The van der Waals surface area contributed by atoms with Gasteiger partial charge in [0, 0.05) is 33.0 Å². The Labute approximate surface area is 271 Å². The number of para-hydroxylation sites is 2. The summed E-state index contributed by atoms with van der Waals surface area (Å²) in [6.07, 6.45) is 0. The fourth-order valence-electron chi connectivity index (χ4n) is 6.36. The normalized spacial score (nSPS) is 11.4. The van der Waals surface area contributed by atoms with Crippen molar-refractivity contribution in [3.63, 3.8) is 0 Å². The summed E-state index contributed by atoms with van der Waals surface area (Å²) in [5.74, 6) is 0.712. The van der Waals surface area contributed by atoms with Crippen molar-refractivity contribution in [1.29, 1.82) is 0 Å². The molecule has 0 spiro atoms. The first-order chi connectivity index (χ1) is 23.3. The highest BCUT2D eigenvalue weighted by atomic mass is 16.3. The average Bonchev–Trinajstić information content (AvgIpc) is 3.52. The summed E-state index contributed by atoms with van der Waals surface area (Å²) in [6, 6.07) is 56.2. The van der Waals surface area contributed by atoms with Crippen LogP contribution in [0.3, 0.4) is 0 Å². The largest absolute Gasteiger partial charge is 0.454 e. The van der Waals surface area contributed by atoms with Crippen LogP contribution in [0.1, 0.15) is 0 Å². The van der Waals surface area contributed by atoms with E-state index in [0.29, 0.717) is 5.82 Å². The number of hydrogen-bond acceptors (Lipinski definition) is 4. The van der Waals surface area contributed by atoms with E-state index in [1.54, 1.807) is 0 Å². The van der Waals surface area contributed by atoms with Gasteiger partial charge in [-0.05, 0) is 41.0 Å². The Hall–Kier alpha value is -6.39. The van der Waals surface area contributed by atoms with Gasteiger partial charge in [-0.25, -0.2) is 15.0 Å². The van der Waals surface area contributed by atoms with E-state index >= 15 is 0 Å². The van der Waals surface area contributed by atoms with Gasteiger partial charge in [0.05, 0.1) is 16.9 Å². The van der Waals surface area contributed by atoms with E-state index < -0.39 is 0 Å². The predicted molar refractivity (Wildman–Crippen MR) is 192 cm³/mol. The van der Waals surface area contributed by atoms with Crippen LogP contribution in [0.5, 0.6) is 0 Å². The SMILES string of the molecule is c1ccc(-c2cc(-c3ccc(-c4ccc(-c5c6ccccc6nc6c5oc5ccccc56)cc4)cc3)nc(-c3ccccc3)n2)cc1. The summed E-state index contributed by atoms with van der Waals surface area (Å²) < 4.78 is 6.42. The zero-order chi connectivity index (χ0) is 31.2. The second kappa shape index (κ2) is 11.2. The lowest BCUT2D eigenvalue weighted by Crippen LogP contribution is -1.95. The van der Waals surface area contributed by atoms with Crippen molar-refractivity contribution in [2.24, 2.45) is 0 Å². The van der Waals surface area contributed by atoms with E-state index in [2.05, 4.69) is 103 Å². The summed E-state index contributed by atoms with van der Waals surface area (Å²) in [7, 11) is 0. The van der Waals surface area contributed by atoms with Crippen LogP contribution in [0.4, 0.5) is 0 Å². The van der Waals surface area contributed by atoms with E-state index in [4.69, 9.17) is 19.4 Å². The Morgan fingerprint density at radius 2 is 0.894 bits per heavy atom. The monoisotopic (exact) mass is 601 g/mol. The van der Waals surface area contributed by atoms with Crippen LogP contribution in [-0.4, -0.2) is 15.0 Å². The minimum atomic E-state index is 0.712. The third-order valence-corrected chi connectivity index (χ3v) is 8.72. The number of furan rings is 1. The van der Waals surface area contributed by atoms with Gasteiger partial charge in [-0.2, -0.15) is 0 Å². The first-order valence-electron chi connectivity index (χ1n) is 15.7. The topological polar surface area (TPSA) is 51.8 Å². The maximum atomic E-state index is 6.42. The summed E-state index contributed by atoms with van der Waals surface area (Å²) >= 11 is 0. The van der Waals surface area contributed by atoms with Crippen LogP contribution in [-0.2, 0) is 0 Å². The van der Waals surface area contributed by atoms with Gasteiger partial charge >= 0.3 is 0 Å². The Morgan fingerprint density at radius 3 is 1.57 bits per heavy atom. The third kappa shape index (κ3) is 4.84. The molecule has 0 bridgehead atoms. The van der Waals surface area contributed by atoms with E-state index in [1.807, 2.05) is 60.7 Å². The van der Waals surface area contributed by atoms with E-state index in [9.17, 15) is 0 Å². The van der Waals surface area contributed by atoms with E-state index in [-0.39, 0.29) is 0 Å². The van der Waals surface area contributed by atoms with Crippen LogP contribution in [0.15, 0.2) is 168 Å². The molecular weight excluding hydrogens is 574 g/mol.